The summed E-state index contributed by atoms with van der Waals surface area (Å²) in [6.45, 7) is 0. The van der Waals surface area contributed by atoms with Crippen molar-refractivity contribution >= 4 is 29.3 Å². The fourth-order valence-electron chi connectivity index (χ4n) is 0.978. The number of carbonyl (C=O) groups excluding carboxylic acids is 1. The molecule has 1 heterocycles. The highest BCUT2D eigenvalue weighted by atomic mass is 35.5. The Morgan fingerprint density at radius 2 is 2.31 bits per heavy atom. The van der Waals surface area contributed by atoms with Crippen LogP contribution < -0.4 is 0 Å². The van der Waals surface area contributed by atoms with Crippen LogP contribution in [0.25, 0.3) is 0 Å². The molecule has 0 amide bonds. The molecule has 2 nitrogen and oxygen atoms in total. The Balaban J connectivity index is 0.00000144. The minimum absolute atomic E-state index is 0. The van der Waals surface area contributed by atoms with Crippen LogP contribution in [0.1, 0.15) is 18.4 Å². The molecule has 0 saturated carbocycles. The largest absolute Gasteiger partial charge is 0.281 e. The molecule has 1 aromatic rings. The molecular formula is C9H11Cl2NO. The minimum atomic E-state index is -0.265. The first-order valence-corrected chi connectivity index (χ1v) is 4.24. The van der Waals surface area contributed by atoms with E-state index >= 15 is 0 Å². The Hall–Kier alpha value is -0.600. The minimum Gasteiger partial charge on any atom is -0.281 e. The van der Waals surface area contributed by atoms with Gasteiger partial charge in [-0.15, -0.1) is 12.4 Å². The number of halogens is 2. The molecule has 0 fully saturated rings. The summed E-state index contributed by atoms with van der Waals surface area (Å²) in [7, 11) is 0. The molecule has 0 spiro atoms. The predicted octanol–water partition coefficient (Wildman–Crippen LogP) is 2.59. The van der Waals surface area contributed by atoms with E-state index in [4.69, 9.17) is 11.6 Å². The molecule has 0 saturated heterocycles. The summed E-state index contributed by atoms with van der Waals surface area (Å²) in [6, 6.07) is 3.88. The molecule has 4 heteroatoms. The number of hydrogen-bond acceptors (Lipinski definition) is 2. The summed E-state index contributed by atoms with van der Waals surface area (Å²) in [5, 5.41) is -0.265. The lowest BCUT2D eigenvalue weighted by Gasteiger charge is -1.96. The van der Waals surface area contributed by atoms with Crippen LogP contribution in [-0.2, 0) is 11.2 Å². The average Bonchev–Trinajstić information content (AvgIpc) is 2.05. The summed E-state index contributed by atoms with van der Waals surface area (Å²) in [5.74, 6) is 0. The molecule has 0 aliphatic heterocycles. The van der Waals surface area contributed by atoms with E-state index in [9.17, 15) is 4.79 Å². The summed E-state index contributed by atoms with van der Waals surface area (Å²) >= 11 is 5.19. The third-order valence-electron chi connectivity index (χ3n) is 1.56. The fraction of sp³-hybridized carbons (Fsp3) is 0.333. The molecular weight excluding hydrogens is 209 g/mol. The van der Waals surface area contributed by atoms with Gasteiger partial charge in [0.05, 0.1) is 0 Å². The summed E-state index contributed by atoms with van der Waals surface area (Å²) in [5.41, 5.74) is 1.15. The lowest BCUT2D eigenvalue weighted by molar-refractivity contribution is -0.111. The molecule has 0 unspecified atom stereocenters. The maximum absolute atomic E-state index is 10.4. The lowest BCUT2D eigenvalue weighted by atomic mass is 10.1. The zero-order valence-corrected chi connectivity index (χ0v) is 8.64. The van der Waals surface area contributed by atoms with E-state index < -0.39 is 0 Å². The molecule has 0 aliphatic carbocycles. The average molecular weight is 220 g/mol. The van der Waals surface area contributed by atoms with Crippen LogP contribution in [0.5, 0.6) is 0 Å². The molecule has 0 atom stereocenters. The molecule has 13 heavy (non-hydrogen) atoms. The van der Waals surface area contributed by atoms with Gasteiger partial charge in [-0.1, -0.05) is 6.07 Å². The standard InChI is InChI=1S/C9H10ClNO.ClH/c10-9(12)5-1-3-8-4-2-6-11-7-8;/h2,4,6-7H,1,3,5H2;1H. The summed E-state index contributed by atoms with van der Waals surface area (Å²) < 4.78 is 0. The number of hydrogen-bond donors (Lipinski definition) is 0. The molecule has 0 radical (unpaired) electrons. The summed E-state index contributed by atoms with van der Waals surface area (Å²) in [4.78, 5) is 14.3. The van der Waals surface area contributed by atoms with Crippen LogP contribution in [0, 0.1) is 0 Å². The van der Waals surface area contributed by atoms with Crippen molar-refractivity contribution in [3.05, 3.63) is 30.1 Å². The zero-order valence-electron chi connectivity index (χ0n) is 7.07. The van der Waals surface area contributed by atoms with E-state index in [0.29, 0.717) is 6.42 Å². The smallest absolute Gasteiger partial charge is 0.221 e. The molecule has 0 N–H and O–H groups in total. The van der Waals surface area contributed by atoms with E-state index in [-0.39, 0.29) is 17.6 Å². The second-order valence-corrected chi connectivity index (χ2v) is 2.99. The van der Waals surface area contributed by atoms with Gasteiger partial charge in [-0.05, 0) is 36.1 Å². The SMILES string of the molecule is Cl.O=C(Cl)CCCc1cccnc1. The Labute approximate surface area is 88.7 Å². The van der Waals surface area contributed by atoms with E-state index in [1.807, 2.05) is 12.1 Å². The number of rotatable bonds is 4. The van der Waals surface area contributed by atoms with Gasteiger partial charge in [-0.3, -0.25) is 9.78 Å². The van der Waals surface area contributed by atoms with Crippen LogP contribution in [0.15, 0.2) is 24.5 Å². The van der Waals surface area contributed by atoms with Crippen molar-refractivity contribution in [2.45, 2.75) is 19.3 Å². The van der Waals surface area contributed by atoms with Crippen molar-refractivity contribution < 1.29 is 4.79 Å². The third kappa shape index (κ3) is 5.61. The topological polar surface area (TPSA) is 30.0 Å². The first-order chi connectivity index (χ1) is 5.79. The fourth-order valence-corrected chi connectivity index (χ4v) is 1.11. The first kappa shape index (κ1) is 12.4. The monoisotopic (exact) mass is 219 g/mol. The van der Waals surface area contributed by atoms with Crippen molar-refractivity contribution in [3.63, 3.8) is 0 Å². The van der Waals surface area contributed by atoms with Crippen molar-refractivity contribution in [3.8, 4) is 0 Å². The molecule has 0 bridgehead atoms. The number of pyridine rings is 1. The normalized spacial score (nSPS) is 9.00. The van der Waals surface area contributed by atoms with Gasteiger partial charge in [-0.2, -0.15) is 0 Å². The van der Waals surface area contributed by atoms with Gasteiger partial charge in [0, 0.05) is 18.8 Å². The van der Waals surface area contributed by atoms with Gasteiger partial charge in [-0.25, -0.2) is 0 Å². The first-order valence-electron chi connectivity index (χ1n) is 3.86. The van der Waals surface area contributed by atoms with E-state index in [2.05, 4.69) is 4.98 Å². The van der Waals surface area contributed by atoms with Crippen LogP contribution in [0.3, 0.4) is 0 Å². The quantitative estimate of drug-likeness (QED) is 0.730. The van der Waals surface area contributed by atoms with Crippen LogP contribution in [0.2, 0.25) is 0 Å². The number of aryl methyl sites for hydroxylation is 1. The Bertz CT molecular complexity index is 251. The van der Waals surface area contributed by atoms with E-state index in [1.165, 1.54) is 0 Å². The highest BCUT2D eigenvalue weighted by Gasteiger charge is 1.96. The molecule has 1 rings (SSSR count). The Morgan fingerprint density at radius 1 is 1.54 bits per heavy atom. The second kappa shape index (κ2) is 6.87. The van der Waals surface area contributed by atoms with Gasteiger partial charge in [0.1, 0.15) is 0 Å². The van der Waals surface area contributed by atoms with Crippen molar-refractivity contribution in [1.29, 1.82) is 0 Å². The third-order valence-corrected chi connectivity index (χ3v) is 1.75. The van der Waals surface area contributed by atoms with Gasteiger partial charge < -0.3 is 0 Å². The molecule has 0 aliphatic rings. The maximum atomic E-state index is 10.4. The van der Waals surface area contributed by atoms with Crippen LogP contribution in [-0.4, -0.2) is 10.2 Å². The highest BCUT2D eigenvalue weighted by Crippen LogP contribution is 2.03. The van der Waals surface area contributed by atoms with Gasteiger partial charge in [0.2, 0.25) is 5.24 Å². The number of aromatic nitrogens is 1. The highest BCUT2D eigenvalue weighted by molar-refractivity contribution is 6.63. The maximum Gasteiger partial charge on any atom is 0.221 e. The van der Waals surface area contributed by atoms with Crippen molar-refractivity contribution in [2.24, 2.45) is 0 Å². The summed E-state index contributed by atoms with van der Waals surface area (Å²) in [6.07, 6.45) is 5.64. The van der Waals surface area contributed by atoms with Crippen LogP contribution >= 0.6 is 24.0 Å². The predicted molar refractivity (Wildman–Crippen MR) is 55.3 cm³/mol. The number of nitrogens with zero attached hydrogens (tertiary/aromatic N) is 1. The second-order valence-electron chi connectivity index (χ2n) is 2.57. The molecule has 72 valence electrons. The molecule has 0 aromatic carbocycles. The van der Waals surface area contributed by atoms with Crippen molar-refractivity contribution in [1.82, 2.24) is 4.98 Å². The Morgan fingerprint density at radius 3 is 2.85 bits per heavy atom. The van der Waals surface area contributed by atoms with Crippen LogP contribution in [0.4, 0.5) is 0 Å². The lowest BCUT2D eigenvalue weighted by Crippen LogP contribution is -1.90. The van der Waals surface area contributed by atoms with E-state index in [1.54, 1.807) is 12.4 Å². The Kier molecular flexibility index (Phi) is 6.55. The van der Waals surface area contributed by atoms with Gasteiger partial charge in [0.25, 0.3) is 0 Å². The zero-order chi connectivity index (χ0) is 8.81. The molecule has 1 aromatic heterocycles. The number of carbonyl (C=O) groups is 1. The van der Waals surface area contributed by atoms with E-state index in [0.717, 1.165) is 18.4 Å². The van der Waals surface area contributed by atoms with Gasteiger partial charge in [0.15, 0.2) is 0 Å². The van der Waals surface area contributed by atoms with Crippen molar-refractivity contribution in [2.75, 3.05) is 0 Å². The van der Waals surface area contributed by atoms with Gasteiger partial charge >= 0.3 is 0 Å².